The van der Waals surface area contributed by atoms with Crippen LogP contribution in [0.1, 0.15) is 35.7 Å². The summed E-state index contributed by atoms with van der Waals surface area (Å²) in [5, 5.41) is 2.82. The number of rotatable bonds is 4. The van der Waals surface area contributed by atoms with Crippen molar-refractivity contribution in [3.63, 3.8) is 0 Å². The fraction of sp³-hybridized carbons (Fsp3) is 0.158. The Kier molecular flexibility index (Phi) is 4.61. The van der Waals surface area contributed by atoms with Gasteiger partial charge in [0.2, 0.25) is 0 Å². The van der Waals surface area contributed by atoms with Crippen LogP contribution in [0.2, 0.25) is 0 Å². The lowest BCUT2D eigenvalue weighted by atomic mass is 10.0. The Labute approximate surface area is 140 Å². The van der Waals surface area contributed by atoms with Gasteiger partial charge in [0.05, 0.1) is 5.56 Å². The molecule has 0 atom stereocenters. The lowest BCUT2D eigenvalue weighted by Gasteiger charge is -2.09. The molecule has 0 radical (unpaired) electrons. The molecule has 1 amide bonds. The number of carbonyl (C=O) groups excluding carboxylic acids is 1. The molecule has 0 bridgehead atoms. The van der Waals surface area contributed by atoms with E-state index < -0.39 is 0 Å². The van der Waals surface area contributed by atoms with Crippen molar-refractivity contribution in [3.05, 3.63) is 72.4 Å². The van der Waals surface area contributed by atoms with Crippen LogP contribution in [-0.2, 0) is 0 Å². The Morgan fingerprint density at radius 2 is 1.88 bits per heavy atom. The van der Waals surface area contributed by atoms with E-state index in [0.29, 0.717) is 17.3 Å². The summed E-state index contributed by atoms with van der Waals surface area (Å²) >= 11 is 0. The number of amides is 1. The summed E-state index contributed by atoms with van der Waals surface area (Å²) in [5.74, 6) is 0.592. The first-order valence-electron chi connectivity index (χ1n) is 7.76. The normalized spacial score (nSPS) is 10.6. The number of nitrogens with one attached hydrogen (secondary N) is 1. The summed E-state index contributed by atoms with van der Waals surface area (Å²) in [7, 11) is 0. The van der Waals surface area contributed by atoms with Crippen LogP contribution >= 0.6 is 0 Å². The maximum Gasteiger partial charge on any atom is 0.258 e. The van der Waals surface area contributed by atoms with Crippen LogP contribution in [-0.4, -0.2) is 20.9 Å². The van der Waals surface area contributed by atoms with E-state index in [2.05, 4.69) is 34.1 Å². The molecule has 0 saturated heterocycles. The molecule has 0 aliphatic rings. The van der Waals surface area contributed by atoms with Crippen LogP contribution in [0.25, 0.3) is 11.1 Å². The predicted octanol–water partition coefficient (Wildman–Crippen LogP) is 3.91. The molecule has 24 heavy (non-hydrogen) atoms. The van der Waals surface area contributed by atoms with E-state index >= 15 is 0 Å². The summed E-state index contributed by atoms with van der Waals surface area (Å²) in [6, 6.07) is 9.40. The second-order valence-electron chi connectivity index (χ2n) is 5.79. The van der Waals surface area contributed by atoms with Gasteiger partial charge in [-0.2, -0.15) is 0 Å². The van der Waals surface area contributed by atoms with E-state index in [1.807, 2.05) is 30.3 Å². The van der Waals surface area contributed by atoms with Crippen molar-refractivity contribution in [1.29, 1.82) is 0 Å². The van der Waals surface area contributed by atoms with Gasteiger partial charge in [-0.1, -0.05) is 19.9 Å². The average Bonchev–Trinajstić information content (AvgIpc) is 2.63. The Morgan fingerprint density at radius 3 is 2.62 bits per heavy atom. The SMILES string of the molecule is CC(C)c1cncc(C(=O)Nc2cc(-c3cccnc3)ccn2)c1. The second-order valence-corrected chi connectivity index (χ2v) is 5.79. The highest BCUT2D eigenvalue weighted by atomic mass is 16.1. The van der Waals surface area contributed by atoms with E-state index in [-0.39, 0.29) is 5.91 Å². The standard InChI is InChI=1S/C19H18N4O/c1-13(2)16-8-17(12-21-11-16)19(24)23-18-9-14(5-7-22-18)15-4-3-6-20-10-15/h3-13H,1-2H3,(H,22,23,24). The maximum atomic E-state index is 12.4. The van der Waals surface area contributed by atoms with Gasteiger partial charge in [-0.15, -0.1) is 0 Å². The molecule has 0 saturated carbocycles. The highest BCUT2D eigenvalue weighted by Crippen LogP contribution is 2.20. The van der Waals surface area contributed by atoms with Crippen LogP contribution in [0.3, 0.4) is 0 Å². The van der Waals surface area contributed by atoms with Gasteiger partial charge in [0.15, 0.2) is 0 Å². The fourth-order valence-corrected chi connectivity index (χ4v) is 2.30. The third-order valence-corrected chi connectivity index (χ3v) is 3.68. The van der Waals surface area contributed by atoms with Gasteiger partial charge in [-0.05, 0) is 41.3 Å². The number of anilines is 1. The van der Waals surface area contributed by atoms with Crippen LogP contribution in [0.4, 0.5) is 5.82 Å². The van der Waals surface area contributed by atoms with E-state index in [1.165, 1.54) is 0 Å². The molecule has 0 aromatic carbocycles. The number of carbonyl (C=O) groups is 1. The van der Waals surface area contributed by atoms with Crippen molar-refractivity contribution >= 4 is 11.7 Å². The van der Waals surface area contributed by atoms with Crippen molar-refractivity contribution in [2.75, 3.05) is 5.32 Å². The third kappa shape index (κ3) is 3.63. The first-order valence-corrected chi connectivity index (χ1v) is 7.76. The van der Waals surface area contributed by atoms with E-state index in [9.17, 15) is 4.79 Å². The highest BCUT2D eigenvalue weighted by molar-refractivity contribution is 6.03. The van der Waals surface area contributed by atoms with Crippen molar-refractivity contribution in [2.45, 2.75) is 19.8 Å². The van der Waals surface area contributed by atoms with Gasteiger partial charge in [-0.25, -0.2) is 4.98 Å². The van der Waals surface area contributed by atoms with Gasteiger partial charge < -0.3 is 5.32 Å². The van der Waals surface area contributed by atoms with Crippen LogP contribution in [0, 0.1) is 0 Å². The van der Waals surface area contributed by atoms with Crippen molar-refractivity contribution in [1.82, 2.24) is 15.0 Å². The predicted molar refractivity (Wildman–Crippen MR) is 93.7 cm³/mol. The van der Waals surface area contributed by atoms with E-state index in [0.717, 1.165) is 16.7 Å². The molecule has 5 nitrogen and oxygen atoms in total. The first-order chi connectivity index (χ1) is 11.6. The summed E-state index contributed by atoms with van der Waals surface area (Å²) in [5.41, 5.74) is 3.47. The lowest BCUT2D eigenvalue weighted by molar-refractivity contribution is 0.102. The molecule has 3 heterocycles. The largest absolute Gasteiger partial charge is 0.306 e. The van der Waals surface area contributed by atoms with Crippen LogP contribution < -0.4 is 5.32 Å². The third-order valence-electron chi connectivity index (χ3n) is 3.68. The zero-order chi connectivity index (χ0) is 16.9. The summed E-state index contributed by atoms with van der Waals surface area (Å²) in [6.45, 7) is 4.13. The van der Waals surface area contributed by atoms with Gasteiger partial charge in [0.25, 0.3) is 5.91 Å². The van der Waals surface area contributed by atoms with Gasteiger partial charge in [0, 0.05) is 36.5 Å². The minimum absolute atomic E-state index is 0.221. The minimum atomic E-state index is -0.221. The zero-order valence-electron chi connectivity index (χ0n) is 13.6. The van der Waals surface area contributed by atoms with E-state index in [1.54, 1.807) is 31.0 Å². The number of hydrogen-bond acceptors (Lipinski definition) is 4. The molecule has 0 aliphatic carbocycles. The number of aromatic nitrogens is 3. The molecule has 1 N–H and O–H groups in total. The van der Waals surface area contributed by atoms with Crippen molar-refractivity contribution < 1.29 is 4.79 Å². The molecule has 0 unspecified atom stereocenters. The average molecular weight is 318 g/mol. The van der Waals surface area contributed by atoms with Gasteiger partial charge in [-0.3, -0.25) is 14.8 Å². The molecule has 0 aliphatic heterocycles. The van der Waals surface area contributed by atoms with Gasteiger partial charge in [0.1, 0.15) is 5.82 Å². The lowest BCUT2D eigenvalue weighted by Crippen LogP contribution is -2.13. The molecule has 120 valence electrons. The minimum Gasteiger partial charge on any atom is -0.306 e. The molecule has 5 heteroatoms. The number of hydrogen-bond donors (Lipinski definition) is 1. The molecule has 3 aromatic heterocycles. The van der Waals surface area contributed by atoms with Crippen molar-refractivity contribution in [2.24, 2.45) is 0 Å². The Hall–Kier alpha value is -3.08. The number of nitrogens with zero attached hydrogens (tertiary/aromatic N) is 3. The quantitative estimate of drug-likeness (QED) is 0.792. The Morgan fingerprint density at radius 1 is 1.00 bits per heavy atom. The van der Waals surface area contributed by atoms with Crippen LogP contribution in [0.5, 0.6) is 0 Å². The first kappa shape index (κ1) is 15.8. The molecule has 3 rings (SSSR count). The monoisotopic (exact) mass is 318 g/mol. The van der Waals surface area contributed by atoms with E-state index in [4.69, 9.17) is 0 Å². The molecular weight excluding hydrogens is 300 g/mol. The zero-order valence-corrected chi connectivity index (χ0v) is 13.6. The summed E-state index contributed by atoms with van der Waals surface area (Å²) < 4.78 is 0. The highest BCUT2D eigenvalue weighted by Gasteiger charge is 2.10. The topological polar surface area (TPSA) is 67.8 Å². The fourth-order valence-electron chi connectivity index (χ4n) is 2.30. The molecule has 3 aromatic rings. The van der Waals surface area contributed by atoms with Gasteiger partial charge >= 0.3 is 0 Å². The second kappa shape index (κ2) is 7.00. The smallest absolute Gasteiger partial charge is 0.258 e. The molecule has 0 spiro atoms. The molecular formula is C19H18N4O. The summed E-state index contributed by atoms with van der Waals surface area (Å²) in [4.78, 5) is 24.9. The maximum absolute atomic E-state index is 12.4. The van der Waals surface area contributed by atoms with Crippen molar-refractivity contribution in [3.8, 4) is 11.1 Å². The summed E-state index contributed by atoms with van der Waals surface area (Å²) in [6.07, 6.45) is 8.51. The van der Waals surface area contributed by atoms with Crippen LogP contribution in [0.15, 0.2) is 61.3 Å². The Bertz CT molecular complexity index is 847. The molecule has 0 fully saturated rings. The Balaban J connectivity index is 1.81. The number of pyridine rings is 3.